The van der Waals surface area contributed by atoms with Crippen molar-refractivity contribution in [1.82, 2.24) is 0 Å². The Hall–Kier alpha value is -1.59. The van der Waals surface area contributed by atoms with Crippen molar-refractivity contribution in [3.63, 3.8) is 0 Å². The number of aromatic carboxylic acids is 1. The monoisotopic (exact) mass is 211 g/mol. The lowest BCUT2D eigenvalue weighted by molar-refractivity contribution is 0.0693. The molecule has 0 saturated heterocycles. The van der Waals surface area contributed by atoms with Crippen molar-refractivity contribution in [2.45, 2.75) is 13.0 Å². The van der Waals surface area contributed by atoms with Crippen molar-refractivity contribution < 1.29 is 20.1 Å². The van der Waals surface area contributed by atoms with Gasteiger partial charge in [-0.15, -0.1) is 0 Å². The Bertz CT molecular complexity index is 389. The number of aliphatic hydroxyl groups excluding tert-OH is 1. The Morgan fingerprint density at radius 3 is 2.60 bits per heavy atom. The van der Waals surface area contributed by atoms with Crippen LogP contribution in [-0.2, 0) is 0 Å². The van der Waals surface area contributed by atoms with Gasteiger partial charge >= 0.3 is 5.97 Å². The first kappa shape index (κ1) is 11.5. The molecule has 0 aliphatic rings. The first-order valence-corrected chi connectivity index (χ1v) is 4.40. The minimum Gasteiger partial charge on any atom is -0.507 e. The van der Waals surface area contributed by atoms with Crippen LogP contribution >= 0.6 is 0 Å². The average molecular weight is 211 g/mol. The molecule has 0 unspecified atom stereocenters. The van der Waals surface area contributed by atoms with E-state index >= 15 is 0 Å². The Kier molecular flexibility index (Phi) is 3.28. The van der Waals surface area contributed by atoms with Gasteiger partial charge in [0.2, 0.25) is 0 Å². The maximum atomic E-state index is 10.8. The summed E-state index contributed by atoms with van der Waals surface area (Å²) in [6, 6.07) is 2.14. The second-order valence-electron chi connectivity index (χ2n) is 3.34. The van der Waals surface area contributed by atoms with Gasteiger partial charge in [-0.25, -0.2) is 4.79 Å². The molecule has 5 nitrogen and oxygen atoms in total. The van der Waals surface area contributed by atoms with Crippen LogP contribution in [0.3, 0.4) is 0 Å². The molecule has 1 aromatic rings. The lowest BCUT2D eigenvalue weighted by Gasteiger charge is -2.13. The number of carboxylic acids is 1. The Morgan fingerprint density at radius 1 is 1.53 bits per heavy atom. The molecule has 5 N–H and O–H groups in total. The van der Waals surface area contributed by atoms with Crippen molar-refractivity contribution in [3.05, 3.63) is 28.8 Å². The fourth-order valence-corrected chi connectivity index (χ4v) is 1.35. The van der Waals surface area contributed by atoms with Gasteiger partial charge < -0.3 is 21.1 Å². The van der Waals surface area contributed by atoms with E-state index < -0.39 is 12.0 Å². The molecule has 0 bridgehead atoms. The van der Waals surface area contributed by atoms with Crippen LogP contribution in [0.15, 0.2) is 12.1 Å². The van der Waals surface area contributed by atoms with E-state index in [9.17, 15) is 9.90 Å². The highest BCUT2D eigenvalue weighted by atomic mass is 16.4. The molecule has 0 aromatic heterocycles. The highest BCUT2D eigenvalue weighted by Crippen LogP contribution is 2.28. The second-order valence-corrected chi connectivity index (χ2v) is 3.34. The molecule has 0 aliphatic heterocycles. The van der Waals surface area contributed by atoms with Gasteiger partial charge in [-0.1, -0.05) is 6.07 Å². The minimum atomic E-state index is -1.22. The Labute approximate surface area is 86.8 Å². The van der Waals surface area contributed by atoms with Crippen LogP contribution < -0.4 is 5.73 Å². The summed E-state index contributed by atoms with van der Waals surface area (Å²) in [5.74, 6) is -1.60. The number of carboxylic acid groups (broad SMARTS) is 1. The predicted octanol–water partition coefficient (Wildman–Crippen LogP) is 0.391. The Morgan fingerprint density at radius 2 is 2.13 bits per heavy atom. The SMILES string of the molecule is Cc1cc(C(=O)O)c(O)c([C@H](N)CO)c1. The zero-order valence-electron chi connectivity index (χ0n) is 8.27. The zero-order chi connectivity index (χ0) is 11.6. The largest absolute Gasteiger partial charge is 0.507 e. The van der Waals surface area contributed by atoms with E-state index in [2.05, 4.69) is 0 Å². The standard InChI is InChI=1S/C10H13NO4/c1-5-2-6(8(11)4-12)9(13)7(3-5)10(14)15/h2-3,8,12-13H,4,11H2,1H3,(H,14,15)/t8-/m1/s1. The van der Waals surface area contributed by atoms with Crippen molar-refractivity contribution in [3.8, 4) is 5.75 Å². The van der Waals surface area contributed by atoms with Crippen molar-refractivity contribution in [1.29, 1.82) is 0 Å². The third-order valence-corrected chi connectivity index (χ3v) is 2.11. The van der Waals surface area contributed by atoms with E-state index in [0.29, 0.717) is 5.56 Å². The van der Waals surface area contributed by atoms with Crippen LogP contribution in [0.5, 0.6) is 5.75 Å². The molecule has 1 aromatic carbocycles. The highest BCUT2D eigenvalue weighted by molar-refractivity contribution is 5.91. The molecular weight excluding hydrogens is 198 g/mol. The summed E-state index contributed by atoms with van der Waals surface area (Å²) in [5, 5.41) is 27.3. The third kappa shape index (κ3) is 2.26. The number of aromatic hydroxyl groups is 1. The lowest BCUT2D eigenvalue weighted by atomic mass is 10.00. The molecule has 82 valence electrons. The van der Waals surface area contributed by atoms with E-state index in [4.69, 9.17) is 15.9 Å². The second kappa shape index (κ2) is 4.29. The number of aliphatic hydroxyl groups is 1. The number of benzene rings is 1. The summed E-state index contributed by atoms with van der Waals surface area (Å²) in [5.41, 5.74) is 6.25. The number of nitrogens with two attached hydrogens (primary N) is 1. The van der Waals surface area contributed by atoms with Crippen LogP contribution in [0, 0.1) is 6.92 Å². The molecule has 5 heteroatoms. The summed E-state index contributed by atoms with van der Waals surface area (Å²) in [7, 11) is 0. The van der Waals surface area contributed by atoms with Crippen LogP contribution in [0.1, 0.15) is 27.5 Å². The van der Waals surface area contributed by atoms with Crippen LogP contribution in [-0.4, -0.2) is 27.9 Å². The number of rotatable bonds is 3. The first-order valence-electron chi connectivity index (χ1n) is 4.40. The van der Waals surface area contributed by atoms with E-state index in [1.807, 2.05) is 0 Å². The number of hydrogen-bond acceptors (Lipinski definition) is 4. The van der Waals surface area contributed by atoms with Gasteiger partial charge in [-0.2, -0.15) is 0 Å². The molecule has 15 heavy (non-hydrogen) atoms. The molecule has 1 rings (SSSR count). The lowest BCUT2D eigenvalue weighted by Crippen LogP contribution is -2.16. The summed E-state index contributed by atoms with van der Waals surface area (Å²) in [6.45, 7) is 1.34. The molecule has 0 radical (unpaired) electrons. The van der Waals surface area contributed by atoms with Gasteiger partial charge in [0.1, 0.15) is 11.3 Å². The average Bonchev–Trinajstić information content (AvgIpc) is 2.19. The maximum absolute atomic E-state index is 10.8. The molecular formula is C10H13NO4. The zero-order valence-corrected chi connectivity index (χ0v) is 8.27. The van der Waals surface area contributed by atoms with E-state index in [-0.39, 0.29) is 23.5 Å². The quantitative estimate of drug-likeness (QED) is 0.579. The molecule has 1 atom stereocenters. The van der Waals surface area contributed by atoms with E-state index in [1.54, 1.807) is 13.0 Å². The Balaban J connectivity index is 3.34. The third-order valence-electron chi connectivity index (χ3n) is 2.11. The van der Waals surface area contributed by atoms with Gasteiger partial charge in [0.25, 0.3) is 0 Å². The normalized spacial score (nSPS) is 12.5. The molecule has 0 aliphatic carbocycles. The number of carbonyl (C=O) groups is 1. The molecule has 0 spiro atoms. The minimum absolute atomic E-state index is 0.200. The summed E-state index contributed by atoms with van der Waals surface area (Å²) >= 11 is 0. The van der Waals surface area contributed by atoms with Gasteiger partial charge in [0.05, 0.1) is 12.6 Å². The molecule has 0 amide bonds. The van der Waals surface area contributed by atoms with Gasteiger partial charge in [0.15, 0.2) is 0 Å². The molecule has 0 fully saturated rings. The van der Waals surface area contributed by atoms with Gasteiger partial charge in [-0.05, 0) is 18.6 Å². The fourth-order valence-electron chi connectivity index (χ4n) is 1.35. The number of phenols is 1. The van der Waals surface area contributed by atoms with E-state index in [0.717, 1.165) is 0 Å². The summed E-state index contributed by atoms with van der Waals surface area (Å²) in [4.78, 5) is 10.8. The van der Waals surface area contributed by atoms with E-state index in [1.165, 1.54) is 6.07 Å². The first-order chi connectivity index (χ1) is 6.97. The van der Waals surface area contributed by atoms with Crippen LogP contribution in [0.4, 0.5) is 0 Å². The number of aryl methyl sites for hydroxylation is 1. The molecule has 0 saturated carbocycles. The maximum Gasteiger partial charge on any atom is 0.339 e. The van der Waals surface area contributed by atoms with Crippen LogP contribution in [0.25, 0.3) is 0 Å². The van der Waals surface area contributed by atoms with Crippen molar-refractivity contribution >= 4 is 5.97 Å². The van der Waals surface area contributed by atoms with Gasteiger partial charge in [0, 0.05) is 5.56 Å². The van der Waals surface area contributed by atoms with Crippen molar-refractivity contribution in [2.75, 3.05) is 6.61 Å². The van der Waals surface area contributed by atoms with Crippen LogP contribution in [0.2, 0.25) is 0 Å². The fraction of sp³-hybridized carbons (Fsp3) is 0.300. The number of hydrogen-bond donors (Lipinski definition) is 4. The summed E-state index contributed by atoms with van der Waals surface area (Å²) < 4.78 is 0. The highest BCUT2D eigenvalue weighted by Gasteiger charge is 2.18. The predicted molar refractivity (Wildman–Crippen MR) is 53.8 cm³/mol. The summed E-state index contributed by atoms with van der Waals surface area (Å²) in [6.07, 6.45) is 0. The molecule has 0 heterocycles. The smallest absolute Gasteiger partial charge is 0.339 e. The van der Waals surface area contributed by atoms with Gasteiger partial charge in [-0.3, -0.25) is 0 Å². The van der Waals surface area contributed by atoms with Crippen molar-refractivity contribution in [2.24, 2.45) is 5.73 Å². The topological polar surface area (TPSA) is 104 Å².